The highest BCUT2D eigenvalue weighted by Crippen LogP contribution is 2.34. The maximum Gasteiger partial charge on any atom is 0.287 e. The van der Waals surface area contributed by atoms with Gasteiger partial charge in [0.1, 0.15) is 10.6 Å². The standard InChI is InChI=1S/C20H18N4O4S/c25-15-9-28-13-5-4-10(8-12(13)22-15)6-7-21-19(27)17-23-18(26)16-11-2-1-3-14(11)29-20(16)24-17/h4-5,8H,1-3,6-7,9H2,(H,21,27)(H,22,25)(H,23,24,26). The molecule has 1 aliphatic heterocycles. The van der Waals surface area contributed by atoms with Crippen molar-refractivity contribution in [2.75, 3.05) is 18.5 Å². The Morgan fingerprint density at radius 2 is 2.17 bits per heavy atom. The molecule has 0 fully saturated rings. The first-order valence-electron chi connectivity index (χ1n) is 9.47. The van der Waals surface area contributed by atoms with Crippen LogP contribution < -0.4 is 20.9 Å². The summed E-state index contributed by atoms with van der Waals surface area (Å²) in [6.07, 6.45) is 3.51. The van der Waals surface area contributed by atoms with E-state index in [1.807, 2.05) is 12.1 Å². The molecule has 1 aromatic carbocycles. The fourth-order valence-electron chi connectivity index (χ4n) is 3.80. The Bertz CT molecular complexity index is 1210. The lowest BCUT2D eigenvalue weighted by Gasteiger charge is -2.18. The number of aryl methyl sites for hydroxylation is 2. The highest BCUT2D eigenvalue weighted by atomic mass is 32.1. The molecule has 148 valence electrons. The van der Waals surface area contributed by atoms with Crippen molar-refractivity contribution in [2.24, 2.45) is 0 Å². The number of ether oxygens (including phenoxy) is 1. The summed E-state index contributed by atoms with van der Waals surface area (Å²) in [4.78, 5) is 45.2. The highest BCUT2D eigenvalue weighted by molar-refractivity contribution is 7.18. The maximum atomic E-state index is 12.5. The van der Waals surface area contributed by atoms with Crippen LogP contribution in [0.25, 0.3) is 10.2 Å². The zero-order valence-electron chi connectivity index (χ0n) is 15.5. The van der Waals surface area contributed by atoms with Gasteiger partial charge in [0.2, 0.25) is 5.82 Å². The minimum atomic E-state index is -0.410. The van der Waals surface area contributed by atoms with Crippen molar-refractivity contribution in [1.29, 1.82) is 0 Å². The number of fused-ring (bicyclic) bond motifs is 4. The molecule has 1 aliphatic carbocycles. The number of aromatic amines is 1. The molecule has 2 aliphatic rings. The molecule has 5 rings (SSSR count). The van der Waals surface area contributed by atoms with Crippen molar-refractivity contribution >= 4 is 39.1 Å². The maximum absolute atomic E-state index is 12.5. The Labute approximate surface area is 169 Å². The van der Waals surface area contributed by atoms with Gasteiger partial charge < -0.3 is 20.4 Å². The summed E-state index contributed by atoms with van der Waals surface area (Å²) in [5, 5.41) is 6.19. The van der Waals surface area contributed by atoms with Gasteiger partial charge in [0.05, 0.1) is 11.1 Å². The van der Waals surface area contributed by atoms with Crippen LogP contribution in [0.3, 0.4) is 0 Å². The molecule has 3 heterocycles. The van der Waals surface area contributed by atoms with E-state index < -0.39 is 5.91 Å². The van der Waals surface area contributed by atoms with E-state index >= 15 is 0 Å². The number of hydrogen-bond acceptors (Lipinski definition) is 6. The molecule has 0 unspecified atom stereocenters. The number of rotatable bonds is 4. The Hall–Kier alpha value is -3.20. The Morgan fingerprint density at radius 3 is 3.07 bits per heavy atom. The van der Waals surface area contributed by atoms with Gasteiger partial charge in [-0.3, -0.25) is 14.4 Å². The predicted octanol–water partition coefficient (Wildman–Crippen LogP) is 1.78. The van der Waals surface area contributed by atoms with Crippen molar-refractivity contribution < 1.29 is 14.3 Å². The molecule has 0 radical (unpaired) electrons. The van der Waals surface area contributed by atoms with Gasteiger partial charge in [-0.1, -0.05) is 6.07 Å². The Kier molecular flexibility index (Phi) is 4.31. The third kappa shape index (κ3) is 3.27. The molecule has 0 saturated heterocycles. The number of hydrogen-bond donors (Lipinski definition) is 3. The molecule has 8 nitrogen and oxygen atoms in total. The van der Waals surface area contributed by atoms with Gasteiger partial charge in [-0.15, -0.1) is 11.3 Å². The topological polar surface area (TPSA) is 113 Å². The lowest BCUT2D eigenvalue weighted by molar-refractivity contribution is -0.118. The van der Waals surface area contributed by atoms with Crippen LogP contribution in [-0.4, -0.2) is 34.9 Å². The van der Waals surface area contributed by atoms with Crippen LogP contribution in [0.15, 0.2) is 23.0 Å². The molecule has 0 spiro atoms. The minimum absolute atomic E-state index is 0.0190. The molecule has 2 aromatic heterocycles. The summed E-state index contributed by atoms with van der Waals surface area (Å²) in [6.45, 7) is 0.389. The van der Waals surface area contributed by atoms with Crippen LogP contribution in [0, 0.1) is 0 Å². The molecular weight excluding hydrogens is 392 g/mol. The second-order valence-corrected chi connectivity index (χ2v) is 8.21. The number of benzene rings is 1. The van der Waals surface area contributed by atoms with E-state index in [0.29, 0.717) is 34.6 Å². The molecule has 29 heavy (non-hydrogen) atoms. The van der Waals surface area contributed by atoms with E-state index in [9.17, 15) is 14.4 Å². The summed E-state index contributed by atoms with van der Waals surface area (Å²) in [5.41, 5.74) is 2.42. The number of aromatic nitrogens is 2. The van der Waals surface area contributed by atoms with Gasteiger partial charge in [-0.2, -0.15) is 0 Å². The largest absolute Gasteiger partial charge is 0.482 e. The third-order valence-corrected chi connectivity index (χ3v) is 6.35. The molecule has 3 N–H and O–H groups in total. The molecule has 9 heteroatoms. The summed E-state index contributed by atoms with van der Waals surface area (Å²) in [7, 11) is 0. The van der Waals surface area contributed by atoms with Crippen LogP contribution in [0.4, 0.5) is 5.69 Å². The van der Waals surface area contributed by atoms with Crippen molar-refractivity contribution in [1.82, 2.24) is 15.3 Å². The van der Waals surface area contributed by atoms with E-state index in [2.05, 4.69) is 20.6 Å². The SMILES string of the molecule is O=C1COc2ccc(CCNC(=O)c3nc4sc5c(c4c(=O)[nH]3)CCC5)cc2N1. The van der Waals surface area contributed by atoms with Gasteiger partial charge in [0.25, 0.3) is 17.4 Å². The summed E-state index contributed by atoms with van der Waals surface area (Å²) in [5.74, 6) is 0.0731. The summed E-state index contributed by atoms with van der Waals surface area (Å²) < 4.78 is 5.34. The van der Waals surface area contributed by atoms with Gasteiger partial charge in [0, 0.05) is 11.4 Å². The fourth-order valence-corrected chi connectivity index (χ4v) is 5.06. The van der Waals surface area contributed by atoms with Crippen molar-refractivity contribution in [3.05, 3.63) is 50.4 Å². The Balaban J connectivity index is 1.27. The highest BCUT2D eigenvalue weighted by Gasteiger charge is 2.22. The smallest absolute Gasteiger partial charge is 0.287 e. The van der Waals surface area contributed by atoms with Crippen LogP contribution >= 0.6 is 11.3 Å². The molecule has 0 bridgehead atoms. The van der Waals surface area contributed by atoms with Crippen LogP contribution in [0.2, 0.25) is 0 Å². The monoisotopic (exact) mass is 410 g/mol. The van der Waals surface area contributed by atoms with Crippen molar-refractivity contribution in [3.63, 3.8) is 0 Å². The number of carbonyl (C=O) groups is 2. The van der Waals surface area contributed by atoms with Gasteiger partial charge in [-0.05, 0) is 48.9 Å². The van der Waals surface area contributed by atoms with Crippen LogP contribution in [0.1, 0.15) is 33.0 Å². The molecule has 2 amide bonds. The van der Waals surface area contributed by atoms with E-state index in [4.69, 9.17) is 4.74 Å². The second-order valence-electron chi connectivity index (χ2n) is 7.13. The van der Waals surface area contributed by atoms with E-state index in [-0.39, 0.29) is 23.9 Å². The quantitative estimate of drug-likeness (QED) is 0.607. The predicted molar refractivity (Wildman–Crippen MR) is 109 cm³/mol. The number of carbonyl (C=O) groups excluding carboxylic acids is 2. The normalized spacial score (nSPS) is 14.8. The number of amides is 2. The van der Waals surface area contributed by atoms with Gasteiger partial charge in [0.15, 0.2) is 6.61 Å². The van der Waals surface area contributed by atoms with Crippen LogP contribution in [-0.2, 0) is 24.1 Å². The Morgan fingerprint density at radius 1 is 1.28 bits per heavy atom. The molecule has 0 atom stereocenters. The van der Waals surface area contributed by atoms with Crippen molar-refractivity contribution in [3.8, 4) is 5.75 Å². The van der Waals surface area contributed by atoms with E-state index in [1.165, 1.54) is 16.2 Å². The lowest BCUT2D eigenvalue weighted by atomic mass is 10.1. The third-order valence-electron chi connectivity index (χ3n) is 5.17. The lowest BCUT2D eigenvalue weighted by Crippen LogP contribution is -2.29. The van der Waals surface area contributed by atoms with Crippen molar-refractivity contribution in [2.45, 2.75) is 25.7 Å². The van der Waals surface area contributed by atoms with Gasteiger partial charge in [-0.25, -0.2) is 4.98 Å². The number of nitrogens with one attached hydrogen (secondary N) is 3. The first-order chi connectivity index (χ1) is 14.1. The fraction of sp³-hybridized carbons (Fsp3) is 0.300. The first kappa shape index (κ1) is 17.9. The molecule has 0 saturated carbocycles. The molecule has 3 aromatic rings. The minimum Gasteiger partial charge on any atom is -0.482 e. The van der Waals surface area contributed by atoms with E-state index in [0.717, 1.165) is 30.4 Å². The number of nitrogens with zero attached hydrogens (tertiary/aromatic N) is 1. The summed E-state index contributed by atoms with van der Waals surface area (Å²) in [6, 6.07) is 5.52. The average molecular weight is 410 g/mol. The van der Waals surface area contributed by atoms with Crippen LogP contribution in [0.5, 0.6) is 5.75 Å². The number of anilines is 1. The summed E-state index contributed by atoms with van der Waals surface area (Å²) >= 11 is 1.51. The van der Waals surface area contributed by atoms with E-state index in [1.54, 1.807) is 6.07 Å². The molecular formula is C20H18N4O4S. The number of thiophene rings is 1. The zero-order valence-corrected chi connectivity index (χ0v) is 16.3. The zero-order chi connectivity index (χ0) is 20.0. The first-order valence-corrected chi connectivity index (χ1v) is 10.3. The number of H-pyrrole nitrogens is 1. The van der Waals surface area contributed by atoms with Gasteiger partial charge >= 0.3 is 0 Å². The average Bonchev–Trinajstić information content (AvgIpc) is 3.28. The second kappa shape index (κ2) is 7.00.